The molecule has 1 N–H and O–H groups in total. The first kappa shape index (κ1) is 16.8. The van der Waals surface area contributed by atoms with Crippen LogP contribution in [-0.4, -0.2) is 77.2 Å². The zero-order chi connectivity index (χ0) is 16.8. The maximum Gasteiger partial charge on any atom is 0.320 e. The van der Waals surface area contributed by atoms with Crippen LogP contribution in [0.4, 0.5) is 4.79 Å². The summed E-state index contributed by atoms with van der Waals surface area (Å²) in [6.07, 6.45) is 6.80. The highest BCUT2D eigenvalue weighted by atomic mass is 16.5. The molecule has 24 heavy (non-hydrogen) atoms. The topological polar surface area (TPSA) is 79.7 Å². The third kappa shape index (κ3) is 4.25. The number of imidazole rings is 1. The van der Waals surface area contributed by atoms with E-state index in [0.29, 0.717) is 45.9 Å². The van der Waals surface area contributed by atoms with Crippen molar-refractivity contribution in [2.45, 2.75) is 19.4 Å². The molecule has 132 valence electrons. The quantitative estimate of drug-likeness (QED) is 0.850. The molecule has 2 aliphatic heterocycles. The van der Waals surface area contributed by atoms with Gasteiger partial charge in [-0.15, -0.1) is 0 Å². The molecule has 0 radical (unpaired) electrons. The Morgan fingerprint density at radius 3 is 2.50 bits per heavy atom. The van der Waals surface area contributed by atoms with Crippen molar-refractivity contribution in [2.75, 3.05) is 45.9 Å². The summed E-state index contributed by atoms with van der Waals surface area (Å²) in [6, 6.07) is 0.0808. The number of rotatable bonds is 4. The lowest BCUT2D eigenvalue weighted by atomic mass is 9.96. The highest BCUT2D eigenvalue weighted by molar-refractivity contribution is 5.79. The molecule has 8 heteroatoms. The van der Waals surface area contributed by atoms with Crippen LogP contribution in [0.25, 0.3) is 0 Å². The normalized spacial score (nSPS) is 19.3. The van der Waals surface area contributed by atoms with Crippen molar-refractivity contribution in [2.24, 2.45) is 5.92 Å². The summed E-state index contributed by atoms with van der Waals surface area (Å²) >= 11 is 0. The number of morpholine rings is 1. The number of carbonyl (C=O) groups excluding carboxylic acids is 2. The number of nitrogens with zero attached hydrogens (tertiary/aromatic N) is 4. The van der Waals surface area contributed by atoms with Crippen molar-refractivity contribution in [3.05, 3.63) is 18.7 Å². The predicted molar refractivity (Wildman–Crippen MR) is 87.3 cm³/mol. The van der Waals surface area contributed by atoms with Gasteiger partial charge in [0.2, 0.25) is 5.91 Å². The molecule has 0 aromatic carbocycles. The molecule has 1 aromatic heterocycles. The molecule has 0 bridgehead atoms. The Balaban J connectivity index is 1.37. The Labute approximate surface area is 141 Å². The van der Waals surface area contributed by atoms with Gasteiger partial charge in [0, 0.05) is 57.6 Å². The lowest BCUT2D eigenvalue weighted by Crippen LogP contribution is -2.51. The fourth-order valence-electron chi connectivity index (χ4n) is 3.16. The van der Waals surface area contributed by atoms with E-state index in [1.54, 1.807) is 12.5 Å². The third-order valence-corrected chi connectivity index (χ3v) is 4.65. The van der Waals surface area contributed by atoms with Gasteiger partial charge in [-0.1, -0.05) is 0 Å². The minimum Gasteiger partial charge on any atom is -0.378 e. The monoisotopic (exact) mass is 335 g/mol. The Kier molecular flexibility index (Phi) is 5.68. The van der Waals surface area contributed by atoms with Crippen molar-refractivity contribution in [1.82, 2.24) is 24.7 Å². The highest BCUT2D eigenvalue weighted by Gasteiger charge is 2.29. The number of carbonyl (C=O) groups is 2. The smallest absolute Gasteiger partial charge is 0.320 e. The van der Waals surface area contributed by atoms with E-state index in [1.807, 2.05) is 20.6 Å². The zero-order valence-corrected chi connectivity index (χ0v) is 13.9. The lowest BCUT2D eigenvalue weighted by Gasteiger charge is -2.36. The second kappa shape index (κ2) is 8.14. The first-order chi connectivity index (χ1) is 11.7. The third-order valence-electron chi connectivity index (χ3n) is 4.65. The molecule has 2 saturated heterocycles. The predicted octanol–water partition coefficient (Wildman–Crippen LogP) is 0.164. The van der Waals surface area contributed by atoms with Crippen LogP contribution in [0.15, 0.2) is 18.7 Å². The van der Waals surface area contributed by atoms with E-state index in [1.165, 1.54) is 0 Å². The number of urea groups is 1. The molecule has 3 rings (SSSR count). The van der Waals surface area contributed by atoms with Crippen molar-refractivity contribution in [3.8, 4) is 0 Å². The molecular weight excluding hydrogens is 310 g/mol. The Morgan fingerprint density at radius 1 is 1.12 bits per heavy atom. The van der Waals surface area contributed by atoms with Crippen LogP contribution in [0.1, 0.15) is 12.8 Å². The molecular formula is C16H25N5O3. The number of ether oxygens (including phenoxy) is 1. The molecule has 3 amide bonds. The number of amides is 3. The van der Waals surface area contributed by atoms with Crippen LogP contribution in [0.5, 0.6) is 0 Å². The summed E-state index contributed by atoms with van der Waals surface area (Å²) < 4.78 is 7.21. The molecule has 8 nitrogen and oxygen atoms in total. The van der Waals surface area contributed by atoms with Crippen LogP contribution in [0.3, 0.4) is 0 Å². The van der Waals surface area contributed by atoms with Crippen LogP contribution in [0, 0.1) is 5.92 Å². The summed E-state index contributed by atoms with van der Waals surface area (Å²) in [6.45, 7) is 5.16. The molecule has 0 aliphatic carbocycles. The van der Waals surface area contributed by atoms with E-state index >= 15 is 0 Å². The average molecular weight is 335 g/mol. The molecule has 2 fully saturated rings. The maximum absolute atomic E-state index is 12.4. The number of hydrogen-bond acceptors (Lipinski definition) is 4. The van der Waals surface area contributed by atoms with Crippen molar-refractivity contribution < 1.29 is 14.3 Å². The number of hydrogen-bond donors (Lipinski definition) is 1. The van der Waals surface area contributed by atoms with Crippen molar-refractivity contribution >= 4 is 11.9 Å². The fourth-order valence-corrected chi connectivity index (χ4v) is 3.16. The average Bonchev–Trinajstić information content (AvgIpc) is 3.15. The van der Waals surface area contributed by atoms with Crippen LogP contribution in [0.2, 0.25) is 0 Å². The van der Waals surface area contributed by atoms with Crippen LogP contribution >= 0.6 is 0 Å². The molecule has 2 aliphatic rings. The summed E-state index contributed by atoms with van der Waals surface area (Å²) in [5.74, 6) is 0.0927. The Morgan fingerprint density at radius 2 is 1.83 bits per heavy atom. The number of nitrogens with one attached hydrogen (secondary N) is 1. The first-order valence-corrected chi connectivity index (χ1v) is 8.59. The van der Waals surface area contributed by atoms with Crippen LogP contribution in [-0.2, 0) is 16.1 Å². The van der Waals surface area contributed by atoms with E-state index in [0.717, 1.165) is 19.4 Å². The Bertz CT molecular complexity index is 534. The number of piperidine rings is 1. The van der Waals surface area contributed by atoms with E-state index in [-0.39, 0.29) is 17.9 Å². The SMILES string of the molecule is O=C(NCCn1ccnc1)C1CCN(C(=O)N2CCOCC2)CC1. The van der Waals surface area contributed by atoms with Gasteiger partial charge in [0.15, 0.2) is 0 Å². The highest BCUT2D eigenvalue weighted by Crippen LogP contribution is 2.19. The van der Waals surface area contributed by atoms with Gasteiger partial charge in [0.25, 0.3) is 0 Å². The summed E-state index contributed by atoms with van der Waals surface area (Å²) in [5, 5.41) is 2.98. The van der Waals surface area contributed by atoms with E-state index in [4.69, 9.17) is 4.74 Å². The largest absolute Gasteiger partial charge is 0.378 e. The summed E-state index contributed by atoms with van der Waals surface area (Å²) in [5.41, 5.74) is 0. The zero-order valence-electron chi connectivity index (χ0n) is 13.9. The van der Waals surface area contributed by atoms with Gasteiger partial charge in [0.05, 0.1) is 19.5 Å². The summed E-state index contributed by atoms with van der Waals surface area (Å²) in [4.78, 5) is 32.3. The second-order valence-electron chi connectivity index (χ2n) is 6.23. The van der Waals surface area contributed by atoms with Crippen molar-refractivity contribution in [3.63, 3.8) is 0 Å². The molecule has 0 unspecified atom stereocenters. The lowest BCUT2D eigenvalue weighted by molar-refractivity contribution is -0.126. The van der Waals surface area contributed by atoms with E-state index in [2.05, 4.69) is 10.3 Å². The summed E-state index contributed by atoms with van der Waals surface area (Å²) in [7, 11) is 0. The molecule has 0 saturated carbocycles. The van der Waals surface area contributed by atoms with Gasteiger partial charge in [-0.2, -0.15) is 0 Å². The molecule has 1 aromatic rings. The van der Waals surface area contributed by atoms with Gasteiger partial charge in [-0.3, -0.25) is 4.79 Å². The van der Waals surface area contributed by atoms with Crippen LogP contribution < -0.4 is 5.32 Å². The molecule has 0 spiro atoms. The molecule has 0 atom stereocenters. The number of aromatic nitrogens is 2. The van der Waals surface area contributed by atoms with Gasteiger partial charge in [-0.05, 0) is 12.8 Å². The van der Waals surface area contributed by atoms with E-state index < -0.39 is 0 Å². The number of likely N-dealkylation sites (tertiary alicyclic amines) is 1. The van der Waals surface area contributed by atoms with Crippen molar-refractivity contribution in [1.29, 1.82) is 0 Å². The standard InChI is InChI=1S/C16H25N5O3/c22-15(18-4-8-19-7-3-17-13-19)14-1-5-20(6-2-14)16(23)21-9-11-24-12-10-21/h3,7,13-14H,1-2,4-6,8-12H2,(H,18,22). The van der Waals surface area contributed by atoms with Gasteiger partial charge >= 0.3 is 6.03 Å². The minimum absolute atomic E-state index is 0.00141. The van der Waals surface area contributed by atoms with Gasteiger partial charge < -0.3 is 24.4 Å². The second-order valence-corrected chi connectivity index (χ2v) is 6.23. The Hall–Kier alpha value is -2.09. The van der Waals surface area contributed by atoms with E-state index in [9.17, 15) is 9.59 Å². The first-order valence-electron chi connectivity index (χ1n) is 8.59. The van der Waals surface area contributed by atoms with Gasteiger partial charge in [-0.25, -0.2) is 9.78 Å². The fraction of sp³-hybridized carbons (Fsp3) is 0.688. The van der Waals surface area contributed by atoms with Gasteiger partial charge in [0.1, 0.15) is 0 Å². The minimum atomic E-state index is 0.00141. The molecule has 3 heterocycles. The maximum atomic E-state index is 12.4.